The van der Waals surface area contributed by atoms with Crippen LogP contribution in [-0.2, 0) is 16.0 Å². The number of morpholine rings is 1. The first-order valence-corrected chi connectivity index (χ1v) is 12.5. The Bertz CT molecular complexity index is 1460. The molecule has 4 aromatic rings. The number of aromatic nitrogens is 2. The molecule has 1 fully saturated rings. The number of carbonyl (C=O) groups excluding carboxylic acids is 1. The Kier molecular flexibility index (Phi) is 6.42. The van der Waals surface area contributed by atoms with Gasteiger partial charge in [-0.15, -0.1) is 5.10 Å². The zero-order valence-corrected chi connectivity index (χ0v) is 20.7. The molecule has 0 amide bonds. The number of hydrogen-bond acceptors (Lipinski definition) is 8. The number of benzene rings is 3. The van der Waals surface area contributed by atoms with Crippen molar-refractivity contribution in [2.45, 2.75) is 12.6 Å². The molecule has 0 radical (unpaired) electrons. The highest BCUT2D eigenvalue weighted by Crippen LogP contribution is 2.32. The van der Waals surface area contributed by atoms with Gasteiger partial charge in [-0.3, -0.25) is 9.79 Å². The smallest absolute Gasteiger partial charge is 0.317 e. The Balaban J connectivity index is 1.27. The SMILES string of the molecule is O=C1Cc2ccccc2C(c2ccccc2)=NC1Nc1nnc(-c2ccc(N3CCOCC3)cc2Cl)o1. The molecule has 1 unspecified atom stereocenters. The Morgan fingerprint density at radius 1 is 0.919 bits per heavy atom. The summed E-state index contributed by atoms with van der Waals surface area (Å²) in [5, 5.41) is 11.8. The number of nitrogens with zero attached hydrogens (tertiary/aromatic N) is 4. The molecule has 37 heavy (non-hydrogen) atoms. The quantitative estimate of drug-likeness (QED) is 0.416. The predicted octanol–water partition coefficient (Wildman–Crippen LogP) is 4.63. The molecule has 1 atom stereocenters. The van der Waals surface area contributed by atoms with Crippen LogP contribution in [0, 0.1) is 0 Å². The van der Waals surface area contributed by atoms with Crippen LogP contribution in [0.25, 0.3) is 11.5 Å². The summed E-state index contributed by atoms with van der Waals surface area (Å²) in [6.45, 7) is 3.01. The van der Waals surface area contributed by atoms with Gasteiger partial charge in [0.2, 0.25) is 0 Å². The van der Waals surface area contributed by atoms with Crippen molar-refractivity contribution in [2.24, 2.45) is 4.99 Å². The molecular formula is C28H24ClN5O3. The Hall–Kier alpha value is -4.01. The van der Waals surface area contributed by atoms with Crippen LogP contribution in [0.15, 0.2) is 82.2 Å². The Morgan fingerprint density at radius 2 is 1.70 bits per heavy atom. The van der Waals surface area contributed by atoms with Crippen LogP contribution in [0.4, 0.5) is 11.7 Å². The highest BCUT2D eigenvalue weighted by Gasteiger charge is 2.27. The van der Waals surface area contributed by atoms with E-state index in [0.717, 1.165) is 41.2 Å². The molecule has 1 N–H and O–H groups in total. The molecule has 0 spiro atoms. The normalized spacial score (nSPS) is 17.6. The second-order valence-corrected chi connectivity index (χ2v) is 9.27. The maximum Gasteiger partial charge on any atom is 0.317 e. The lowest BCUT2D eigenvalue weighted by Gasteiger charge is -2.29. The van der Waals surface area contributed by atoms with Gasteiger partial charge in [-0.2, -0.15) is 0 Å². The standard InChI is InChI=1S/C28H24ClN5O3/c29-23-17-20(34-12-14-36-15-13-34)10-11-22(23)27-32-33-28(37-27)31-26-24(35)16-19-8-4-5-9-21(19)25(30-26)18-6-2-1-3-7-18/h1-11,17,26H,12-16H2,(H,31,33). The molecule has 0 saturated carbocycles. The van der Waals surface area contributed by atoms with Gasteiger partial charge in [-0.1, -0.05) is 71.3 Å². The number of nitrogens with one attached hydrogen (secondary N) is 1. The van der Waals surface area contributed by atoms with Crippen molar-refractivity contribution in [1.29, 1.82) is 0 Å². The molecule has 2 aliphatic heterocycles. The van der Waals surface area contributed by atoms with Crippen LogP contribution in [-0.4, -0.2) is 54.2 Å². The van der Waals surface area contributed by atoms with Crippen molar-refractivity contribution in [3.63, 3.8) is 0 Å². The van der Waals surface area contributed by atoms with Gasteiger partial charge >= 0.3 is 6.01 Å². The van der Waals surface area contributed by atoms with Crippen LogP contribution in [0.1, 0.15) is 16.7 Å². The number of hydrogen-bond donors (Lipinski definition) is 1. The lowest BCUT2D eigenvalue weighted by atomic mass is 9.96. The average molecular weight is 514 g/mol. The molecule has 0 aliphatic carbocycles. The number of ether oxygens (including phenoxy) is 1. The van der Waals surface area contributed by atoms with E-state index in [4.69, 9.17) is 25.7 Å². The fraction of sp³-hybridized carbons (Fsp3) is 0.214. The van der Waals surface area contributed by atoms with Crippen LogP contribution >= 0.6 is 11.6 Å². The van der Waals surface area contributed by atoms with E-state index in [1.807, 2.05) is 72.8 Å². The minimum absolute atomic E-state index is 0.0916. The number of anilines is 2. The van der Waals surface area contributed by atoms with Crippen molar-refractivity contribution in [3.8, 4) is 11.5 Å². The number of carbonyl (C=O) groups is 1. The van der Waals surface area contributed by atoms with Gasteiger partial charge < -0.3 is 19.4 Å². The van der Waals surface area contributed by atoms with Crippen molar-refractivity contribution in [2.75, 3.05) is 36.5 Å². The van der Waals surface area contributed by atoms with E-state index in [2.05, 4.69) is 20.4 Å². The number of aliphatic imine (C=N–C) groups is 1. The molecule has 3 heterocycles. The van der Waals surface area contributed by atoms with Crippen molar-refractivity contribution >= 4 is 34.8 Å². The van der Waals surface area contributed by atoms with Gasteiger partial charge in [0, 0.05) is 36.3 Å². The third-order valence-corrected chi connectivity index (χ3v) is 6.80. The van der Waals surface area contributed by atoms with Crippen molar-refractivity contribution in [1.82, 2.24) is 10.2 Å². The fourth-order valence-electron chi connectivity index (χ4n) is 4.60. The van der Waals surface area contributed by atoms with E-state index in [1.54, 1.807) is 0 Å². The first-order valence-electron chi connectivity index (χ1n) is 12.1. The van der Waals surface area contributed by atoms with Gasteiger partial charge in [0.05, 0.1) is 29.5 Å². The first kappa shape index (κ1) is 23.4. The number of rotatable bonds is 5. The van der Waals surface area contributed by atoms with E-state index >= 15 is 0 Å². The van der Waals surface area contributed by atoms with E-state index in [-0.39, 0.29) is 24.1 Å². The fourth-order valence-corrected chi connectivity index (χ4v) is 4.86. The molecule has 1 saturated heterocycles. The summed E-state index contributed by atoms with van der Waals surface area (Å²) in [5.74, 6) is 0.170. The monoisotopic (exact) mass is 513 g/mol. The van der Waals surface area contributed by atoms with Gasteiger partial charge in [-0.05, 0) is 23.8 Å². The first-order chi connectivity index (χ1) is 18.2. The minimum Gasteiger partial charge on any atom is -0.403 e. The Morgan fingerprint density at radius 3 is 2.51 bits per heavy atom. The number of ketones is 1. The van der Waals surface area contributed by atoms with Gasteiger partial charge in [0.1, 0.15) is 0 Å². The second kappa shape index (κ2) is 10.2. The molecule has 8 nitrogen and oxygen atoms in total. The largest absolute Gasteiger partial charge is 0.403 e. The van der Waals surface area contributed by atoms with E-state index in [9.17, 15) is 4.79 Å². The Labute approximate surface area is 218 Å². The topological polar surface area (TPSA) is 92.9 Å². The molecular weight excluding hydrogens is 490 g/mol. The molecule has 9 heteroatoms. The summed E-state index contributed by atoms with van der Waals surface area (Å²) in [6.07, 6.45) is -0.640. The average Bonchev–Trinajstić information content (AvgIpc) is 3.35. The van der Waals surface area contributed by atoms with Crippen LogP contribution < -0.4 is 10.2 Å². The van der Waals surface area contributed by atoms with Crippen molar-refractivity contribution < 1.29 is 13.9 Å². The zero-order chi connectivity index (χ0) is 25.2. The molecule has 2 aliphatic rings. The third kappa shape index (κ3) is 4.85. The molecule has 186 valence electrons. The lowest BCUT2D eigenvalue weighted by molar-refractivity contribution is -0.119. The van der Waals surface area contributed by atoms with Crippen LogP contribution in [0.2, 0.25) is 5.02 Å². The van der Waals surface area contributed by atoms with Gasteiger partial charge in [0.15, 0.2) is 11.9 Å². The summed E-state index contributed by atoms with van der Waals surface area (Å²) < 4.78 is 11.3. The van der Waals surface area contributed by atoms with Crippen molar-refractivity contribution in [3.05, 3.63) is 94.5 Å². The molecule has 6 rings (SSSR count). The highest BCUT2D eigenvalue weighted by molar-refractivity contribution is 6.33. The summed E-state index contributed by atoms with van der Waals surface area (Å²) in [4.78, 5) is 20.2. The predicted molar refractivity (Wildman–Crippen MR) is 142 cm³/mol. The summed E-state index contributed by atoms with van der Waals surface area (Å²) in [7, 11) is 0. The van der Waals surface area contributed by atoms with E-state index < -0.39 is 6.17 Å². The summed E-state index contributed by atoms with van der Waals surface area (Å²) >= 11 is 6.59. The van der Waals surface area contributed by atoms with Crippen LogP contribution in [0.5, 0.6) is 0 Å². The number of Topliss-reactive ketones (excluding diaryl/α,β-unsaturated/α-hetero) is 1. The second-order valence-electron chi connectivity index (χ2n) is 8.87. The number of halogens is 1. The lowest BCUT2D eigenvalue weighted by Crippen LogP contribution is -2.36. The summed E-state index contributed by atoms with van der Waals surface area (Å²) in [6, 6.07) is 23.5. The third-order valence-electron chi connectivity index (χ3n) is 6.49. The highest BCUT2D eigenvalue weighted by atomic mass is 35.5. The zero-order valence-electron chi connectivity index (χ0n) is 19.9. The molecule has 3 aromatic carbocycles. The van der Waals surface area contributed by atoms with E-state index in [1.165, 1.54) is 0 Å². The number of fused-ring (bicyclic) bond motifs is 1. The van der Waals surface area contributed by atoms with Crippen LogP contribution in [0.3, 0.4) is 0 Å². The molecule has 1 aromatic heterocycles. The maximum atomic E-state index is 13.2. The molecule has 0 bridgehead atoms. The van der Waals surface area contributed by atoms with E-state index in [0.29, 0.717) is 23.8 Å². The minimum atomic E-state index is -0.880. The maximum absolute atomic E-state index is 13.2. The van der Waals surface area contributed by atoms with Gasteiger partial charge in [0.25, 0.3) is 5.89 Å². The van der Waals surface area contributed by atoms with Gasteiger partial charge in [-0.25, -0.2) is 0 Å². The summed E-state index contributed by atoms with van der Waals surface area (Å²) in [5.41, 5.74) is 5.16.